The highest BCUT2D eigenvalue weighted by Gasteiger charge is 2.17. The van der Waals surface area contributed by atoms with E-state index in [0.717, 1.165) is 6.26 Å². The van der Waals surface area contributed by atoms with Crippen LogP contribution in [0.5, 0.6) is 0 Å². The lowest BCUT2D eigenvalue weighted by molar-refractivity contribution is -0.143. The molecule has 1 N–H and O–H groups in total. The molecule has 0 fully saturated rings. The molecule has 0 amide bonds. The summed E-state index contributed by atoms with van der Waals surface area (Å²) in [4.78, 5) is 4.21. The summed E-state index contributed by atoms with van der Waals surface area (Å²) in [6.45, 7) is 3.32. The van der Waals surface area contributed by atoms with Crippen LogP contribution in [0.3, 0.4) is 0 Å². The zero-order valence-corrected chi connectivity index (χ0v) is 8.45. The van der Waals surface area contributed by atoms with Crippen molar-refractivity contribution in [1.29, 1.82) is 0 Å². The van der Waals surface area contributed by atoms with Crippen LogP contribution in [0.1, 0.15) is 20.3 Å². The monoisotopic (exact) mass is 210 g/mol. The van der Waals surface area contributed by atoms with Crippen molar-refractivity contribution >= 4 is 10.1 Å². The highest BCUT2D eigenvalue weighted by atomic mass is 32.2. The number of allylic oxidation sites excluding steroid dienone is 1. The van der Waals surface area contributed by atoms with E-state index in [4.69, 9.17) is 5.11 Å². The molecule has 0 aromatic carbocycles. The average Bonchev–Trinajstić information content (AvgIpc) is 2.03. The fourth-order valence-corrected chi connectivity index (χ4v) is 1.45. The van der Waals surface area contributed by atoms with Crippen molar-refractivity contribution in [2.75, 3.05) is 5.75 Å². The van der Waals surface area contributed by atoms with Gasteiger partial charge in [0.15, 0.2) is 0 Å². The topological polar surface area (TPSA) is 72.8 Å². The summed E-state index contributed by atoms with van der Waals surface area (Å²) in [7, 11) is -3.79. The molecule has 1 atom stereocenters. The molecule has 0 saturated heterocycles. The second-order valence-corrected chi connectivity index (χ2v) is 4.00. The van der Waals surface area contributed by atoms with Gasteiger partial charge in [-0.1, -0.05) is 11.3 Å². The normalized spacial score (nSPS) is 14.7. The predicted octanol–water partition coefficient (Wildman–Crippen LogP) is 0.569. The van der Waals surface area contributed by atoms with Crippen molar-refractivity contribution in [1.82, 2.24) is 0 Å². The van der Waals surface area contributed by atoms with Crippen molar-refractivity contribution < 1.29 is 22.7 Å². The molecule has 0 heterocycles. The highest BCUT2D eigenvalue weighted by Crippen LogP contribution is 2.01. The Morgan fingerprint density at radius 2 is 2.15 bits per heavy atom. The Morgan fingerprint density at radius 3 is 2.62 bits per heavy atom. The molecule has 0 radical (unpaired) electrons. The van der Waals surface area contributed by atoms with Crippen LogP contribution < -0.4 is 0 Å². The highest BCUT2D eigenvalue weighted by molar-refractivity contribution is 7.86. The molecule has 0 aliphatic heterocycles. The van der Waals surface area contributed by atoms with Gasteiger partial charge in [-0.15, -0.1) is 0 Å². The summed E-state index contributed by atoms with van der Waals surface area (Å²) in [5, 5.41) is 9.02. The third kappa shape index (κ3) is 6.56. The minimum Gasteiger partial charge on any atom is -0.392 e. The third-order valence-corrected chi connectivity index (χ3v) is 2.28. The number of hydrogen-bond donors (Lipinski definition) is 1. The largest absolute Gasteiger partial charge is 0.392 e. The average molecular weight is 210 g/mol. The van der Waals surface area contributed by atoms with Gasteiger partial charge in [-0.05, 0) is 19.4 Å². The second kappa shape index (κ2) is 5.95. The SMILES string of the molecule is CC=COOS(=O)(=O)CC(O)CC. The number of hydrogen-bond acceptors (Lipinski definition) is 5. The van der Waals surface area contributed by atoms with Crippen molar-refractivity contribution in [2.45, 2.75) is 26.4 Å². The molecule has 5 nitrogen and oxygen atoms in total. The summed E-state index contributed by atoms with van der Waals surface area (Å²) in [6.07, 6.45) is 2.01. The molecular weight excluding hydrogens is 196 g/mol. The van der Waals surface area contributed by atoms with E-state index in [-0.39, 0.29) is 0 Å². The zero-order chi connectivity index (χ0) is 10.3. The zero-order valence-electron chi connectivity index (χ0n) is 7.63. The van der Waals surface area contributed by atoms with Gasteiger partial charge < -0.3 is 9.99 Å². The first kappa shape index (κ1) is 12.4. The smallest absolute Gasteiger partial charge is 0.305 e. The third-order valence-electron chi connectivity index (χ3n) is 1.20. The summed E-state index contributed by atoms with van der Waals surface area (Å²) in [6, 6.07) is 0. The molecule has 6 heteroatoms. The van der Waals surface area contributed by atoms with Crippen LogP contribution in [0.4, 0.5) is 0 Å². The maximum atomic E-state index is 10.9. The van der Waals surface area contributed by atoms with Crippen LogP contribution in [0.2, 0.25) is 0 Å². The van der Waals surface area contributed by atoms with E-state index in [1.165, 1.54) is 6.08 Å². The Labute approximate surface area is 78.0 Å². The summed E-state index contributed by atoms with van der Waals surface area (Å²) >= 11 is 0. The first-order valence-corrected chi connectivity index (χ1v) is 5.46. The Morgan fingerprint density at radius 1 is 1.54 bits per heavy atom. The van der Waals surface area contributed by atoms with Gasteiger partial charge >= 0.3 is 10.1 Å². The van der Waals surface area contributed by atoms with Crippen LogP contribution in [0.15, 0.2) is 12.3 Å². The van der Waals surface area contributed by atoms with E-state index in [1.54, 1.807) is 13.8 Å². The molecule has 0 spiro atoms. The summed E-state index contributed by atoms with van der Waals surface area (Å²) in [5.74, 6) is -0.457. The lowest BCUT2D eigenvalue weighted by atomic mass is 10.3. The van der Waals surface area contributed by atoms with Crippen LogP contribution in [-0.2, 0) is 19.3 Å². The maximum Gasteiger partial charge on any atom is 0.305 e. The Hall–Kier alpha value is -0.590. The quantitative estimate of drug-likeness (QED) is 0.394. The van der Waals surface area contributed by atoms with E-state index >= 15 is 0 Å². The van der Waals surface area contributed by atoms with Gasteiger partial charge in [-0.3, -0.25) is 0 Å². The fourth-order valence-electron chi connectivity index (χ4n) is 0.519. The summed E-state index contributed by atoms with van der Waals surface area (Å²) < 4.78 is 25.9. The van der Waals surface area contributed by atoms with Gasteiger partial charge in [0.25, 0.3) is 0 Å². The van der Waals surface area contributed by atoms with Gasteiger partial charge in [0.1, 0.15) is 12.0 Å². The van der Waals surface area contributed by atoms with Gasteiger partial charge in [0.05, 0.1) is 6.10 Å². The van der Waals surface area contributed by atoms with Gasteiger partial charge in [-0.25, -0.2) is 0 Å². The number of aliphatic hydroxyl groups is 1. The van der Waals surface area contributed by atoms with Crippen molar-refractivity contribution in [2.24, 2.45) is 0 Å². The Bertz CT molecular complexity index is 244. The second-order valence-electron chi connectivity index (χ2n) is 2.42. The van der Waals surface area contributed by atoms with Gasteiger partial charge in [0.2, 0.25) is 0 Å². The van der Waals surface area contributed by atoms with Crippen molar-refractivity contribution in [3.05, 3.63) is 12.3 Å². The molecule has 0 bridgehead atoms. The lowest BCUT2D eigenvalue weighted by Crippen LogP contribution is -2.21. The summed E-state index contributed by atoms with van der Waals surface area (Å²) in [5.41, 5.74) is 0. The Kier molecular flexibility index (Phi) is 5.68. The standard InChI is InChI=1S/C7H14O5S/c1-3-5-11-12-13(9,10)6-7(8)4-2/h3,5,7-8H,4,6H2,1-2H3. The van der Waals surface area contributed by atoms with E-state index in [0.29, 0.717) is 6.42 Å². The van der Waals surface area contributed by atoms with Gasteiger partial charge in [-0.2, -0.15) is 8.42 Å². The Balaban J connectivity index is 3.94. The van der Waals surface area contributed by atoms with Crippen molar-refractivity contribution in [3.8, 4) is 0 Å². The molecular formula is C7H14O5S. The minimum absolute atomic E-state index is 0.353. The van der Waals surface area contributed by atoms with Crippen LogP contribution in [-0.4, -0.2) is 25.4 Å². The number of aliphatic hydroxyl groups excluding tert-OH is 1. The molecule has 0 aliphatic carbocycles. The first-order chi connectivity index (χ1) is 6.02. The van der Waals surface area contributed by atoms with E-state index in [2.05, 4.69) is 9.22 Å². The molecule has 0 rings (SSSR count). The van der Waals surface area contributed by atoms with E-state index < -0.39 is 22.0 Å². The van der Waals surface area contributed by atoms with Crippen LogP contribution >= 0.6 is 0 Å². The molecule has 0 saturated carbocycles. The molecule has 13 heavy (non-hydrogen) atoms. The molecule has 0 aromatic heterocycles. The van der Waals surface area contributed by atoms with E-state index in [9.17, 15) is 8.42 Å². The molecule has 0 aliphatic rings. The minimum atomic E-state index is -3.79. The molecule has 0 aromatic rings. The maximum absolute atomic E-state index is 10.9. The molecule has 78 valence electrons. The van der Waals surface area contributed by atoms with Crippen LogP contribution in [0, 0.1) is 0 Å². The predicted molar refractivity (Wildman–Crippen MR) is 47.1 cm³/mol. The number of rotatable bonds is 6. The fraction of sp³-hybridized carbons (Fsp3) is 0.714. The lowest BCUT2D eigenvalue weighted by Gasteiger charge is -2.06. The van der Waals surface area contributed by atoms with Crippen molar-refractivity contribution in [3.63, 3.8) is 0 Å². The van der Waals surface area contributed by atoms with Gasteiger partial charge in [0, 0.05) is 0 Å². The molecule has 1 unspecified atom stereocenters. The first-order valence-electron chi connectivity index (χ1n) is 3.88. The van der Waals surface area contributed by atoms with E-state index in [1.807, 2.05) is 0 Å². The van der Waals surface area contributed by atoms with Crippen LogP contribution in [0.25, 0.3) is 0 Å².